The Morgan fingerprint density at radius 2 is 1.74 bits per heavy atom. The molecule has 0 atom stereocenters. The normalized spacial score (nSPS) is 16.2. The fourth-order valence-corrected chi connectivity index (χ4v) is 2.58. The van der Waals surface area contributed by atoms with E-state index in [1.807, 2.05) is 4.90 Å². The molecule has 0 aliphatic carbocycles. The lowest BCUT2D eigenvalue weighted by atomic mass is 10.2. The Bertz CT molecular complexity index is 630. The summed E-state index contributed by atoms with van der Waals surface area (Å²) in [5.74, 6) is -0.153. The topological polar surface area (TPSA) is 105 Å². The van der Waals surface area contributed by atoms with Crippen LogP contribution in [-0.4, -0.2) is 57.8 Å². The van der Waals surface area contributed by atoms with Crippen molar-refractivity contribution < 1.29 is 12.8 Å². The van der Waals surface area contributed by atoms with Gasteiger partial charge >= 0.3 is 0 Å². The molecule has 1 aliphatic rings. The molecular weight excluding hydrogens is 436 g/mol. The first kappa shape index (κ1) is 19.9. The van der Waals surface area contributed by atoms with Gasteiger partial charge in [0, 0.05) is 31.9 Å². The van der Waals surface area contributed by atoms with Crippen LogP contribution in [0.4, 0.5) is 10.1 Å². The molecule has 0 unspecified atom stereocenters. The van der Waals surface area contributed by atoms with Crippen molar-refractivity contribution >= 4 is 45.6 Å². The highest BCUT2D eigenvalue weighted by atomic mass is 127. The first-order chi connectivity index (χ1) is 10.3. The van der Waals surface area contributed by atoms with Crippen LogP contribution in [0.15, 0.2) is 29.3 Å². The Labute approximate surface area is 152 Å². The fraction of sp³-hybridized carbons (Fsp3) is 0.462. The number of nitrogens with zero attached hydrogens (tertiary/aromatic N) is 3. The Morgan fingerprint density at radius 3 is 2.26 bits per heavy atom. The average Bonchev–Trinajstić information content (AvgIpc) is 2.47. The smallest absolute Gasteiger partial charge is 0.210 e. The summed E-state index contributed by atoms with van der Waals surface area (Å²) in [5.41, 5.74) is 6.82. The molecule has 1 heterocycles. The highest BCUT2D eigenvalue weighted by Gasteiger charge is 2.18. The summed E-state index contributed by atoms with van der Waals surface area (Å²) in [6.45, 7) is 2.86. The van der Waals surface area contributed by atoms with Gasteiger partial charge in [-0.25, -0.2) is 17.9 Å². The second kappa shape index (κ2) is 8.64. The summed E-state index contributed by atoms with van der Waals surface area (Å²) in [4.78, 5) is 8.06. The number of nitrogens with two attached hydrogens (primary N) is 2. The van der Waals surface area contributed by atoms with E-state index in [2.05, 4.69) is 9.89 Å². The van der Waals surface area contributed by atoms with Crippen LogP contribution < -0.4 is 15.8 Å². The summed E-state index contributed by atoms with van der Waals surface area (Å²) in [6, 6.07) is 6.36. The van der Waals surface area contributed by atoms with E-state index >= 15 is 0 Å². The van der Waals surface area contributed by atoms with Crippen molar-refractivity contribution in [3.05, 3.63) is 30.1 Å². The molecule has 0 bridgehead atoms. The van der Waals surface area contributed by atoms with E-state index in [4.69, 9.17) is 10.9 Å². The van der Waals surface area contributed by atoms with E-state index in [0.717, 1.165) is 18.8 Å². The molecular formula is C13H21FIN5O2S. The van der Waals surface area contributed by atoms with E-state index in [9.17, 15) is 12.8 Å². The number of halogens is 2. The number of piperazine rings is 1. The first-order valence-corrected chi connectivity index (χ1v) is 8.62. The van der Waals surface area contributed by atoms with Gasteiger partial charge in [0.1, 0.15) is 5.82 Å². The monoisotopic (exact) mass is 457 g/mol. The molecule has 1 fully saturated rings. The maximum absolute atomic E-state index is 12.9. The molecule has 2 rings (SSSR count). The standard InChI is InChI=1S/C13H20FN5O2S.HI/c14-11-1-3-12(4-2-11)18-6-8-19(9-7-18)13(15)17-5-10-22(16,20)21;/h1-4H,5-10H2,(H2,15,17)(H2,16,20,21);1H. The number of hydrogen-bond donors (Lipinski definition) is 2. The molecule has 0 amide bonds. The SMILES string of the molecule is I.NC(=NCCS(N)(=O)=O)N1CCN(c2ccc(F)cc2)CC1. The zero-order chi connectivity index (χ0) is 16.2. The maximum atomic E-state index is 12.9. The molecule has 0 aromatic heterocycles. The quantitative estimate of drug-likeness (QED) is 0.381. The molecule has 1 aromatic rings. The van der Waals surface area contributed by atoms with Crippen LogP contribution in [0.25, 0.3) is 0 Å². The minimum absolute atomic E-state index is 0. The van der Waals surface area contributed by atoms with E-state index in [1.165, 1.54) is 12.1 Å². The number of guanidine groups is 1. The third kappa shape index (κ3) is 6.47. The number of hydrogen-bond acceptors (Lipinski definition) is 4. The molecule has 0 spiro atoms. The molecule has 4 N–H and O–H groups in total. The van der Waals surface area contributed by atoms with Crippen molar-refractivity contribution in [1.82, 2.24) is 4.90 Å². The van der Waals surface area contributed by atoms with Crippen LogP contribution in [0.5, 0.6) is 0 Å². The fourth-order valence-electron chi connectivity index (χ4n) is 2.23. The number of rotatable bonds is 4. The molecule has 1 saturated heterocycles. The van der Waals surface area contributed by atoms with Crippen LogP contribution in [-0.2, 0) is 10.0 Å². The lowest BCUT2D eigenvalue weighted by Gasteiger charge is -2.36. The molecule has 23 heavy (non-hydrogen) atoms. The number of primary sulfonamides is 1. The summed E-state index contributed by atoms with van der Waals surface area (Å²) < 4.78 is 34.6. The highest BCUT2D eigenvalue weighted by molar-refractivity contribution is 14.0. The zero-order valence-electron chi connectivity index (χ0n) is 12.6. The van der Waals surface area contributed by atoms with Gasteiger partial charge in [0.2, 0.25) is 10.0 Å². The molecule has 1 aliphatic heterocycles. The van der Waals surface area contributed by atoms with Gasteiger partial charge in [-0.2, -0.15) is 0 Å². The van der Waals surface area contributed by atoms with Crippen molar-refractivity contribution in [2.45, 2.75) is 0 Å². The molecule has 0 saturated carbocycles. The van der Waals surface area contributed by atoms with Crippen LogP contribution >= 0.6 is 24.0 Å². The van der Waals surface area contributed by atoms with Crippen molar-refractivity contribution in [3.8, 4) is 0 Å². The number of sulfonamides is 1. The van der Waals surface area contributed by atoms with Crippen LogP contribution in [0.3, 0.4) is 0 Å². The van der Waals surface area contributed by atoms with E-state index in [1.54, 1.807) is 12.1 Å². The van der Waals surface area contributed by atoms with Crippen molar-refractivity contribution in [2.75, 3.05) is 43.4 Å². The lowest BCUT2D eigenvalue weighted by molar-refractivity contribution is 0.381. The van der Waals surface area contributed by atoms with Gasteiger partial charge in [-0.1, -0.05) is 0 Å². The summed E-state index contributed by atoms with van der Waals surface area (Å²) in [7, 11) is -3.52. The highest BCUT2D eigenvalue weighted by Crippen LogP contribution is 2.16. The summed E-state index contributed by atoms with van der Waals surface area (Å²) >= 11 is 0. The van der Waals surface area contributed by atoms with Crippen LogP contribution in [0, 0.1) is 5.82 Å². The summed E-state index contributed by atoms with van der Waals surface area (Å²) in [5, 5.41) is 4.91. The van der Waals surface area contributed by atoms with Crippen molar-refractivity contribution in [2.24, 2.45) is 15.9 Å². The van der Waals surface area contributed by atoms with Gasteiger partial charge in [-0.05, 0) is 24.3 Å². The number of benzene rings is 1. The summed E-state index contributed by atoms with van der Waals surface area (Å²) in [6.07, 6.45) is 0. The van der Waals surface area contributed by atoms with Gasteiger partial charge in [-0.3, -0.25) is 4.99 Å². The molecule has 130 valence electrons. The second-order valence-corrected chi connectivity index (χ2v) is 6.79. The van der Waals surface area contributed by atoms with Crippen molar-refractivity contribution in [3.63, 3.8) is 0 Å². The zero-order valence-corrected chi connectivity index (χ0v) is 15.7. The number of aliphatic imine (C=N–C) groups is 1. The predicted molar refractivity (Wildman–Crippen MR) is 100 cm³/mol. The minimum atomic E-state index is -3.52. The molecule has 0 radical (unpaired) electrons. The van der Waals surface area contributed by atoms with E-state index in [0.29, 0.717) is 19.0 Å². The van der Waals surface area contributed by atoms with Gasteiger partial charge in [0.05, 0.1) is 12.3 Å². The van der Waals surface area contributed by atoms with Gasteiger partial charge in [-0.15, -0.1) is 24.0 Å². The Balaban J connectivity index is 0.00000264. The molecule has 10 heteroatoms. The molecule has 1 aromatic carbocycles. The third-order valence-corrected chi connectivity index (χ3v) is 4.20. The van der Waals surface area contributed by atoms with Gasteiger partial charge in [0.15, 0.2) is 5.96 Å². The Kier molecular flexibility index (Phi) is 7.48. The maximum Gasteiger partial charge on any atom is 0.210 e. The molecule has 7 nitrogen and oxygen atoms in total. The minimum Gasteiger partial charge on any atom is -0.370 e. The third-order valence-electron chi connectivity index (χ3n) is 3.45. The number of anilines is 1. The van der Waals surface area contributed by atoms with E-state index < -0.39 is 10.0 Å². The Hall–Kier alpha value is -1.14. The predicted octanol–water partition coefficient (Wildman–Crippen LogP) is 0.169. The lowest BCUT2D eigenvalue weighted by Crippen LogP contribution is -2.51. The van der Waals surface area contributed by atoms with Crippen LogP contribution in [0.2, 0.25) is 0 Å². The van der Waals surface area contributed by atoms with E-state index in [-0.39, 0.29) is 42.1 Å². The first-order valence-electron chi connectivity index (χ1n) is 6.91. The van der Waals surface area contributed by atoms with Crippen molar-refractivity contribution in [1.29, 1.82) is 0 Å². The Morgan fingerprint density at radius 1 is 1.17 bits per heavy atom. The second-order valence-electron chi connectivity index (χ2n) is 5.06. The van der Waals surface area contributed by atoms with Crippen LogP contribution in [0.1, 0.15) is 0 Å². The largest absolute Gasteiger partial charge is 0.370 e. The van der Waals surface area contributed by atoms with Gasteiger partial charge < -0.3 is 15.5 Å². The average molecular weight is 457 g/mol. The van der Waals surface area contributed by atoms with Gasteiger partial charge in [0.25, 0.3) is 0 Å².